The van der Waals surface area contributed by atoms with Gasteiger partial charge in [-0.1, -0.05) is 80.8 Å². The van der Waals surface area contributed by atoms with E-state index in [1.165, 1.54) is 12.0 Å². The van der Waals surface area contributed by atoms with Crippen LogP contribution in [0.5, 0.6) is 0 Å². The summed E-state index contributed by atoms with van der Waals surface area (Å²) < 4.78 is 5.56. The van der Waals surface area contributed by atoms with Crippen LogP contribution in [0.3, 0.4) is 0 Å². The van der Waals surface area contributed by atoms with E-state index in [4.69, 9.17) is 4.74 Å². The Balaban J connectivity index is 1.70. The zero-order chi connectivity index (χ0) is 29.4. The highest BCUT2D eigenvalue weighted by Crippen LogP contribution is 2.34. The van der Waals surface area contributed by atoms with Crippen molar-refractivity contribution in [2.24, 2.45) is 0 Å². The van der Waals surface area contributed by atoms with Gasteiger partial charge in [-0.05, 0) is 76.0 Å². The van der Waals surface area contributed by atoms with Gasteiger partial charge in [0.1, 0.15) is 17.7 Å². The first kappa shape index (κ1) is 30.6. The summed E-state index contributed by atoms with van der Waals surface area (Å²) in [6.07, 6.45) is 8.53. The maximum Gasteiger partial charge on any atom is 0.408 e. The van der Waals surface area contributed by atoms with E-state index in [1.807, 2.05) is 54.6 Å². The van der Waals surface area contributed by atoms with Gasteiger partial charge in [0.25, 0.3) is 0 Å². The van der Waals surface area contributed by atoms with E-state index in [9.17, 15) is 14.4 Å². The van der Waals surface area contributed by atoms with Gasteiger partial charge in [0.2, 0.25) is 11.8 Å². The number of hydrogen-bond donors (Lipinski definition) is 2. The van der Waals surface area contributed by atoms with Crippen molar-refractivity contribution < 1.29 is 19.1 Å². The summed E-state index contributed by atoms with van der Waals surface area (Å²) in [7, 11) is 0. The minimum atomic E-state index is -0.882. The minimum Gasteiger partial charge on any atom is -0.444 e. The normalized spacial score (nSPS) is 17.6. The standard InChI is InChI=1S/C34H47N3O4/c1-5-24-19-21-26(22-20-24)30(31(38)35-27-15-10-7-11-16-27)37(28-17-12-18-28)32(39)29(23-25-13-8-6-9-14-25)36-33(40)41-34(2,3)4/h6,8-9,13-14,19-22,27-30H,5,7,10-12,15-18,23H2,1-4H3,(H,35,38)(H,36,40). The van der Waals surface area contributed by atoms with Crippen LogP contribution in [0.1, 0.15) is 102 Å². The summed E-state index contributed by atoms with van der Waals surface area (Å²) >= 11 is 0. The van der Waals surface area contributed by atoms with Gasteiger partial charge in [0.05, 0.1) is 0 Å². The lowest BCUT2D eigenvalue weighted by Gasteiger charge is -2.44. The molecule has 222 valence electrons. The number of hydrogen-bond acceptors (Lipinski definition) is 4. The average molecular weight is 562 g/mol. The molecule has 4 rings (SSSR count). The van der Waals surface area contributed by atoms with Crippen LogP contribution < -0.4 is 10.6 Å². The Morgan fingerprint density at radius 2 is 1.54 bits per heavy atom. The number of alkyl carbamates (subject to hydrolysis) is 1. The summed E-state index contributed by atoms with van der Waals surface area (Å²) in [5.41, 5.74) is 2.19. The molecule has 2 fully saturated rings. The number of ether oxygens (including phenoxy) is 1. The first-order valence-corrected chi connectivity index (χ1v) is 15.4. The van der Waals surface area contributed by atoms with Crippen LogP contribution in [0.2, 0.25) is 0 Å². The molecule has 0 bridgehead atoms. The quantitative estimate of drug-likeness (QED) is 0.359. The number of carbonyl (C=O) groups excluding carboxylic acids is 3. The van der Waals surface area contributed by atoms with Gasteiger partial charge in [-0.25, -0.2) is 4.79 Å². The highest BCUT2D eigenvalue weighted by atomic mass is 16.6. The third-order valence-electron chi connectivity index (χ3n) is 8.18. The highest BCUT2D eigenvalue weighted by Gasteiger charge is 2.42. The van der Waals surface area contributed by atoms with E-state index in [2.05, 4.69) is 17.6 Å². The zero-order valence-electron chi connectivity index (χ0n) is 25.2. The molecule has 0 saturated heterocycles. The number of carbonyl (C=O) groups is 3. The lowest BCUT2D eigenvalue weighted by molar-refractivity contribution is -0.147. The number of nitrogens with one attached hydrogen (secondary N) is 2. The van der Waals surface area contributed by atoms with Crippen LogP contribution in [-0.4, -0.2) is 46.5 Å². The first-order valence-electron chi connectivity index (χ1n) is 15.4. The molecule has 2 aliphatic rings. The summed E-state index contributed by atoms with van der Waals surface area (Å²) in [6.45, 7) is 7.50. The smallest absolute Gasteiger partial charge is 0.408 e. The summed E-state index contributed by atoms with van der Waals surface area (Å²) in [6, 6.07) is 16.1. The third-order valence-corrected chi connectivity index (χ3v) is 8.18. The Morgan fingerprint density at radius 3 is 2.10 bits per heavy atom. The molecule has 2 atom stereocenters. The molecule has 3 amide bonds. The van der Waals surface area contributed by atoms with Crippen molar-refractivity contribution in [2.75, 3.05) is 0 Å². The van der Waals surface area contributed by atoms with Gasteiger partial charge in [-0.15, -0.1) is 0 Å². The molecule has 0 aromatic heterocycles. The highest BCUT2D eigenvalue weighted by molar-refractivity contribution is 5.92. The largest absolute Gasteiger partial charge is 0.444 e. The van der Waals surface area contributed by atoms with Gasteiger partial charge >= 0.3 is 6.09 Å². The fraction of sp³-hybridized carbons (Fsp3) is 0.559. The Morgan fingerprint density at radius 1 is 0.878 bits per heavy atom. The van der Waals surface area contributed by atoms with Crippen LogP contribution in [0.4, 0.5) is 4.79 Å². The average Bonchev–Trinajstić information content (AvgIpc) is 2.91. The maximum atomic E-state index is 14.6. The number of rotatable bonds is 10. The molecule has 7 nitrogen and oxygen atoms in total. The number of aryl methyl sites for hydroxylation is 1. The van der Waals surface area contributed by atoms with Crippen LogP contribution in [-0.2, 0) is 27.2 Å². The molecule has 2 aromatic rings. The Kier molecular flexibility index (Phi) is 10.5. The van der Waals surface area contributed by atoms with Crippen LogP contribution in [0, 0.1) is 0 Å². The minimum absolute atomic E-state index is 0.0748. The third kappa shape index (κ3) is 8.57. The molecule has 2 unspecified atom stereocenters. The Hall–Kier alpha value is -3.35. The second kappa shape index (κ2) is 14.0. The summed E-state index contributed by atoms with van der Waals surface area (Å²) in [5, 5.41) is 6.17. The predicted molar refractivity (Wildman–Crippen MR) is 161 cm³/mol. The van der Waals surface area contributed by atoms with Crippen LogP contribution in [0.25, 0.3) is 0 Å². The van der Waals surface area contributed by atoms with E-state index < -0.39 is 23.8 Å². The number of amides is 3. The monoisotopic (exact) mass is 561 g/mol. The lowest BCUT2D eigenvalue weighted by Crippen LogP contribution is -2.58. The molecule has 0 aliphatic heterocycles. The molecule has 2 N–H and O–H groups in total. The van der Waals surface area contributed by atoms with Crippen molar-refractivity contribution in [1.82, 2.24) is 15.5 Å². The van der Waals surface area contributed by atoms with Crippen LogP contribution in [0.15, 0.2) is 54.6 Å². The topological polar surface area (TPSA) is 87.7 Å². The Labute approximate surface area is 245 Å². The molecule has 7 heteroatoms. The van der Waals surface area contributed by atoms with Gasteiger partial charge in [0, 0.05) is 18.5 Å². The van der Waals surface area contributed by atoms with E-state index in [-0.39, 0.29) is 23.9 Å². The predicted octanol–water partition coefficient (Wildman–Crippen LogP) is 6.26. The SMILES string of the molecule is CCc1ccc(C(C(=O)NC2CCCCC2)N(C(=O)C(Cc2ccccc2)NC(=O)OC(C)(C)C)C2CCC2)cc1. The van der Waals surface area contributed by atoms with Crippen molar-refractivity contribution in [3.63, 3.8) is 0 Å². The van der Waals surface area contributed by atoms with E-state index in [0.29, 0.717) is 6.42 Å². The molecule has 0 radical (unpaired) electrons. The molecule has 2 aromatic carbocycles. The van der Waals surface area contributed by atoms with Gasteiger partial charge in [0.15, 0.2) is 0 Å². The van der Waals surface area contributed by atoms with Crippen LogP contribution >= 0.6 is 0 Å². The summed E-state index contributed by atoms with van der Waals surface area (Å²) in [4.78, 5) is 43.5. The van der Waals surface area contributed by atoms with Gasteiger partial charge in [-0.3, -0.25) is 9.59 Å². The lowest BCUT2D eigenvalue weighted by atomic mass is 9.87. The molecule has 2 saturated carbocycles. The molecular weight excluding hydrogens is 514 g/mol. The first-order chi connectivity index (χ1) is 19.6. The molecule has 2 aliphatic carbocycles. The number of benzene rings is 2. The van der Waals surface area contributed by atoms with E-state index >= 15 is 0 Å². The second-order valence-corrected chi connectivity index (χ2v) is 12.6. The van der Waals surface area contributed by atoms with Crippen molar-refractivity contribution in [3.05, 3.63) is 71.3 Å². The maximum absolute atomic E-state index is 14.6. The van der Waals surface area contributed by atoms with Crippen molar-refractivity contribution in [3.8, 4) is 0 Å². The van der Waals surface area contributed by atoms with Crippen molar-refractivity contribution in [1.29, 1.82) is 0 Å². The molecular formula is C34H47N3O4. The molecule has 41 heavy (non-hydrogen) atoms. The molecule has 0 heterocycles. The Bertz CT molecular complexity index is 1150. The zero-order valence-corrected chi connectivity index (χ0v) is 25.2. The summed E-state index contributed by atoms with van der Waals surface area (Å²) in [5.74, 6) is -0.398. The van der Waals surface area contributed by atoms with Gasteiger partial charge in [-0.2, -0.15) is 0 Å². The van der Waals surface area contributed by atoms with Crippen molar-refractivity contribution in [2.45, 2.75) is 122 Å². The number of nitrogens with zero attached hydrogens (tertiary/aromatic N) is 1. The second-order valence-electron chi connectivity index (χ2n) is 12.6. The fourth-order valence-electron chi connectivity index (χ4n) is 5.76. The van der Waals surface area contributed by atoms with Gasteiger partial charge < -0.3 is 20.3 Å². The fourth-order valence-corrected chi connectivity index (χ4v) is 5.76. The molecule has 0 spiro atoms. The van der Waals surface area contributed by atoms with E-state index in [0.717, 1.165) is 62.5 Å². The van der Waals surface area contributed by atoms with Crippen molar-refractivity contribution >= 4 is 17.9 Å². The van der Waals surface area contributed by atoms with E-state index in [1.54, 1.807) is 25.7 Å².